The molecule has 3 rings (SSSR count). The van der Waals surface area contributed by atoms with E-state index in [-0.39, 0.29) is 18.4 Å². The van der Waals surface area contributed by atoms with Gasteiger partial charge in [-0.05, 0) is 12.1 Å². The third-order valence-electron chi connectivity index (χ3n) is 4.09. The van der Waals surface area contributed by atoms with Gasteiger partial charge in [-0.25, -0.2) is 9.78 Å². The van der Waals surface area contributed by atoms with Gasteiger partial charge in [0.2, 0.25) is 5.91 Å². The molecule has 122 valence electrons. The number of carboxylic acid groups (broad SMARTS) is 1. The minimum atomic E-state index is -1.00. The van der Waals surface area contributed by atoms with Gasteiger partial charge in [0.25, 0.3) is 0 Å². The number of carbonyl (C=O) groups excluding carboxylic acids is 1. The van der Waals surface area contributed by atoms with Gasteiger partial charge in [-0.1, -0.05) is 12.1 Å². The highest BCUT2D eigenvalue weighted by Crippen LogP contribution is 2.22. The number of nitrogens with zero attached hydrogens (tertiary/aromatic N) is 2. The monoisotopic (exact) mass is 318 g/mol. The maximum absolute atomic E-state index is 12.3. The van der Waals surface area contributed by atoms with Crippen molar-refractivity contribution < 1.29 is 23.8 Å². The van der Waals surface area contributed by atoms with Crippen molar-refractivity contribution in [2.24, 2.45) is 0 Å². The summed E-state index contributed by atoms with van der Waals surface area (Å²) in [7, 11) is 1.52. The number of ether oxygens (including phenoxy) is 1. The van der Waals surface area contributed by atoms with Crippen LogP contribution in [0.1, 0.15) is 18.7 Å². The molecule has 1 N–H and O–H groups in total. The molecule has 2 unspecified atom stereocenters. The minimum absolute atomic E-state index is 0.160. The Morgan fingerprint density at radius 3 is 2.91 bits per heavy atom. The summed E-state index contributed by atoms with van der Waals surface area (Å²) in [6.07, 6.45) is 0.589. The Morgan fingerprint density at radius 2 is 2.22 bits per heavy atom. The number of aliphatic carboxylic acids is 1. The zero-order valence-electron chi connectivity index (χ0n) is 12.8. The number of hydrogen-bond acceptors (Lipinski definition) is 5. The van der Waals surface area contributed by atoms with Crippen LogP contribution in [-0.4, -0.2) is 52.7 Å². The van der Waals surface area contributed by atoms with Crippen molar-refractivity contribution in [3.05, 3.63) is 30.2 Å². The lowest BCUT2D eigenvalue weighted by molar-refractivity contribution is -0.148. The first-order chi connectivity index (χ1) is 11.1. The maximum Gasteiger partial charge on any atom is 0.326 e. The van der Waals surface area contributed by atoms with Crippen molar-refractivity contribution in [2.75, 3.05) is 13.7 Å². The molecule has 2 atom stereocenters. The molecule has 1 aliphatic rings. The molecule has 2 aromatic rings. The first-order valence-electron chi connectivity index (χ1n) is 7.48. The lowest BCUT2D eigenvalue weighted by Gasteiger charge is -2.20. The zero-order chi connectivity index (χ0) is 16.4. The second kappa shape index (κ2) is 6.37. The molecule has 0 spiro atoms. The fourth-order valence-electron chi connectivity index (χ4n) is 2.86. The Bertz CT molecular complexity index is 693. The van der Waals surface area contributed by atoms with Crippen molar-refractivity contribution in [1.29, 1.82) is 0 Å². The van der Waals surface area contributed by atoms with Crippen LogP contribution in [0.4, 0.5) is 0 Å². The van der Waals surface area contributed by atoms with E-state index in [2.05, 4.69) is 4.98 Å². The predicted octanol–water partition coefficient (Wildman–Crippen LogP) is 1.46. The number of benzene rings is 1. The van der Waals surface area contributed by atoms with Gasteiger partial charge in [0, 0.05) is 32.9 Å². The van der Waals surface area contributed by atoms with Gasteiger partial charge in [-0.15, -0.1) is 0 Å². The number of likely N-dealkylation sites (tertiary alicyclic amines) is 1. The second-order valence-electron chi connectivity index (χ2n) is 5.57. The average molecular weight is 318 g/mol. The summed E-state index contributed by atoms with van der Waals surface area (Å²) in [6.45, 7) is 0.305. The third kappa shape index (κ3) is 3.19. The topological polar surface area (TPSA) is 92.9 Å². The number of rotatable bonds is 5. The molecule has 7 heteroatoms. The molecule has 1 amide bonds. The van der Waals surface area contributed by atoms with E-state index in [1.807, 2.05) is 24.3 Å². The fourth-order valence-corrected chi connectivity index (χ4v) is 2.86. The summed E-state index contributed by atoms with van der Waals surface area (Å²) in [5.74, 6) is -0.743. The highest BCUT2D eigenvalue weighted by atomic mass is 16.5. The van der Waals surface area contributed by atoms with E-state index in [9.17, 15) is 14.7 Å². The number of oxazole rings is 1. The maximum atomic E-state index is 12.3. The number of para-hydroxylation sites is 2. The molecule has 2 heterocycles. The molecule has 23 heavy (non-hydrogen) atoms. The molecule has 0 aliphatic carbocycles. The lowest BCUT2D eigenvalue weighted by Crippen LogP contribution is -2.40. The van der Waals surface area contributed by atoms with Crippen molar-refractivity contribution in [3.63, 3.8) is 0 Å². The third-order valence-corrected chi connectivity index (χ3v) is 4.09. The largest absolute Gasteiger partial charge is 0.480 e. The summed E-state index contributed by atoms with van der Waals surface area (Å²) in [5, 5.41) is 9.25. The molecule has 1 fully saturated rings. The summed E-state index contributed by atoms with van der Waals surface area (Å²) in [4.78, 5) is 29.3. The standard InChI is InChI=1S/C16H18N2O5/c1-22-10-8-12(16(20)21)18(9-10)15(19)7-6-14-17-11-4-2-3-5-13(11)23-14/h2-5,10,12H,6-9H2,1H3,(H,20,21). The zero-order valence-corrected chi connectivity index (χ0v) is 12.8. The normalized spacial score (nSPS) is 21.0. The van der Waals surface area contributed by atoms with Gasteiger partial charge < -0.3 is 19.2 Å². The van der Waals surface area contributed by atoms with Gasteiger partial charge >= 0.3 is 5.97 Å². The van der Waals surface area contributed by atoms with E-state index in [1.54, 1.807) is 0 Å². The van der Waals surface area contributed by atoms with Crippen molar-refractivity contribution in [1.82, 2.24) is 9.88 Å². The minimum Gasteiger partial charge on any atom is -0.480 e. The van der Waals surface area contributed by atoms with Crippen molar-refractivity contribution >= 4 is 23.0 Å². The molecule has 1 aliphatic heterocycles. The van der Waals surface area contributed by atoms with E-state index >= 15 is 0 Å². The van der Waals surface area contributed by atoms with E-state index in [1.165, 1.54) is 12.0 Å². The van der Waals surface area contributed by atoms with E-state index in [4.69, 9.17) is 9.15 Å². The molecule has 1 aromatic heterocycles. The van der Waals surface area contributed by atoms with Gasteiger partial charge in [0.1, 0.15) is 11.6 Å². The number of carboxylic acids is 1. The van der Waals surface area contributed by atoms with Crippen LogP contribution in [0, 0.1) is 0 Å². The predicted molar refractivity (Wildman–Crippen MR) is 80.9 cm³/mol. The van der Waals surface area contributed by atoms with E-state index < -0.39 is 12.0 Å². The number of fused-ring (bicyclic) bond motifs is 1. The molecule has 0 saturated carbocycles. The van der Waals surface area contributed by atoms with Gasteiger partial charge in [-0.2, -0.15) is 0 Å². The quantitative estimate of drug-likeness (QED) is 0.897. The van der Waals surface area contributed by atoms with Crippen LogP contribution in [0.5, 0.6) is 0 Å². The highest BCUT2D eigenvalue weighted by molar-refractivity contribution is 5.84. The summed E-state index contributed by atoms with van der Waals surface area (Å²) >= 11 is 0. The Balaban J connectivity index is 1.65. The van der Waals surface area contributed by atoms with Gasteiger partial charge in [0.05, 0.1) is 6.10 Å². The Morgan fingerprint density at radius 1 is 1.43 bits per heavy atom. The number of aryl methyl sites for hydroxylation is 1. The molecular weight excluding hydrogens is 300 g/mol. The Kier molecular flexibility index (Phi) is 4.29. The molecule has 1 aromatic carbocycles. The first-order valence-corrected chi connectivity index (χ1v) is 7.48. The molecule has 0 bridgehead atoms. The van der Waals surface area contributed by atoms with Crippen LogP contribution in [0.3, 0.4) is 0 Å². The van der Waals surface area contributed by atoms with Crippen LogP contribution < -0.4 is 0 Å². The van der Waals surface area contributed by atoms with Gasteiger partial charge in [-0.3, -0.25) is 4.79 Å². The number of amides is 1. The van der Waals surface area contributed by atoms with E-state index in [0.29, 0.717) is 30.9 Å². The first kappa shape index (κ1) is 15.5. The summed E-state index contributed by atoms with van der Waals surface area (Å²) in [6, 6.07) is 6.56. The smallest absolute Gasteiger partial charge is 0.326 e. The molecular formula is C16H18N2O5. The van der Waals surface area contributed by atoms with E-state index in [0.717, 1.165) is 5.52 Å². The molecule has 0 radical (unpaired) electrons. The SMILES string of the molecule is COC1CC(C(=O)O)N(C(=O)CCc2nc3ccccc3o2)C1. The Hall–Kier alpha value is -2.41. The molecule has 1 saturated heterocycles. The molecule has 7 nitrogen and oxygen atoms in total. The van der Waals surface area contributed by atoms with Crippen LogP contribution in [0.2, 0.25) is 0 Å². The van der Waals surface area contributed by atoms with Crippen LogP contribution in [0.15, 0.2) is 28.7 Å². The Labute approximate surface area is 132 Å². The van der Waals surface area contributed by atoms with Gasteiger partial charge in [0.15, 0.2) is 11.5 Å². The average Bonchev–Trinajstić information content (AvgIpc) is 3.16. The second-order valence-corrected chi connectivity index (χ2v) is 5.57. The van der Waals surface area contributed by atoms with Crippen molar-refractivity contribution in [2.45, 2.75) is 31.4 Å². The fraction of sp³-hybridized carbons (Fsp3) is 0.438. The summed E-state index contributed by atoms with van der Waals surface area (Å²) in [5.41, 5.74) is 1.43. The number of hydrogen-bond donors (Lipinski definition) is 1. The van der Waals surface area contributed by atoms with Crippen molar-refractivity contribution in [3.8, 4) is 0 Å². The van der Waals surface area contributed by atoms with Crippen LogP contribution in [-0.2, 0) is 20.7 Å². The number of carbonyl (C=O) groups is 2. The van der Waals surface area contributed by atoms with Crippen LogP contribution >= 0.6 is 0 Å². The number of methoxy groups -OCH3 is 1. The number of aromatic nitrogens is 1. The lowest BCUT2D eigenvalue weighted by atomic mass is 10.2. The summed E-state index contributed by atoms with van der Waals surface area (Å²) < 4.78 is 10.8. The highest BCUT2D eigenvalue weighted by Gasteiger charge is 2.39. The van der Waals surface area contributed by atoms with Crippen LogP contribution in [0.25, 0.3) is 11.1 Å².